The second-order valence-electron chi connectivity index (χ2n) is 4.19. The van der Waals surface area contributed by atoms with Gasteiger partial charge in [-0.15, -0.1) is 11.3 Å². The average Bonchev–Trinajstić information content (AvgIpc) is 2.72. The minimum Gasteiger partial charge on any atom is -0.320 e. The monoisotopic (exact) mass is 370 g/mol. The Morgan fingerprint density at radius 3 is 2.55 bits per heavy atom. The maximum absolute atomic E-state index is 12.4. The normalized spacial score (nSPS) is 11.5. The van der Waals surface area contributed by atoms with E-state index >= 15 is 0 Å². The van der Waals surface area contributed by atoms with Gasteiger partial charge in [-0.05, 0) is 12.1 Å². The fraction of sp³-hybridized carbons (Fsp3) is 0.167. The zero-order valence-electron chi connectivity index (χ0n) is 10.6. The number of hydrogen-bond donors (Lipinski definition) is 1. The van der Waals surface area contributed by atoms with E-state index in [4.69, 9.17) is 23.2 Å². The number of halogens is 5. The number of amides is 1. The molecular formula is C12H7Cl2F3N2O2S. The van der Waals surface area contributed by atoms with E-state index in [-0.39, 0.29) is 19.9 Å². The molecule has 0 aromatic carbocycles. The average molecular weight is 371 g/mol. The van der Waals surface area contributed by atoms with Crippen LogP contribution in [0.1, 0.15) is 9.67 Å². The standard InChI is InChI=1S/C12H7Cl2F3N2O2S/c13-7-3-8(22-10(7)14)11(21)18-6-1-2-9(20)19(4-6)5-12(15,16)17/h1-4H,5H2,(H,18,21). The molecule has 1 amide bonds. The molecular weight excluding hydrogens is 364 g/mol. The minimum absolute atomic E-state index is 0.0505. The molecule has 4 nitrogen and oxygen atoms in total. The topological polar surface area (TPSA) is 51.1 Å². The van der Waals surface area contributed by atoms with Crippen LogP contribution in [-0.2, 0) is 6.54 Å². The van der Waals surface area contributed by atoms with Gasteiger partial charge in [0, 0.05) is 12.3 Å². The molecule has 2 rings (SSSR count). The highest BCUT2D eigenvalue weighted by Gasteiger charge is 2.28. The lowest BCUT2D eigenvalue weighted by atomic mass is 10.3. The fourth-order valence-electron chi connectivity index (χ4n) is 1.57. The number of aromatic nitrogens is 1. The van der Waals surface area contributed by atoms with Crippen molar-refractivity contribution >= 4 is 46.1 Å². The lowest BCUT2D eigenvalue weighted by Crippen LogP contribution is -2.27. The molecule has 2 aromatic rings. The van der Waals surface area contributed by atoms with Crippen molar-refractivity contribution in [1.82, 2.24) is 4.57 Å². The number of nitrogens with one attached hydrogen (secondary N) is 1. The van der Waals surface area contributed by atoms with Gasteiger partial charge in [0.15, 0.2) is 0 Å². The highest BCUT2D eigenvalue weighted by molar-refractivity contribution is 7.18. The first kappa shape index (κ1) is 16.9. The van der Waals surface area contributed by atoms with Crippen molar-refractivity contribution in [2.24, 2.45) is 0 Å². The first-order chi connectivity index (χ1) is 10.2. The van der Waals surface area contributed by atoms with Gasteiger partial charge in [-0.1, -0.05) is 23.2 Å². The lowest BCUT2D eigenvalue weighted by molar-refractivity contribution is -0.141. The van der Waals surface area contributed by atoms with E-state index in [9.17, 15) is 22.8 Å². The predicted molar refractivity (Wildman–Crippen MR) is 79.0 cm³/mol. The van der Waals surface area contributed by atoms with E-state index in [0.29, 0.717) is 4.57 Å². The van der Waals surface area contributed by atoms with Crippen molar-refractivity contribution < 1.29 is 18.0 Å². The van der Waals surface area contributed by atoms with Crippen LogP contribution in [0.25, 0.3) is 0 Å². The molecule has 0 aliphatic rings. The van der Waals surface area contributed by atoms with Gasteiger partial charge in [-0.3, -0.25) is 9.59 Å². The van der Waals surface area contributed by atoms with E-state index in [0.717, 1.165) is 23.6 Å². The van der Waals surface area contributed by atoms with E-state index in [2.05, 4.69) is 5.32 Å². The van der Waals surface area contributed by atoms with Crippen LogP contribution in [0.15, 0.2) is 29.2 Å². The van der Waals surface area contributed by atoms with Crippen LogP contribution in [0.4, 0.5) is 18.9 Å². The van der Waals surface area contributed by atoms with Crippen LogP contribution in [0, 0.1) is 0 Å². The molecule has 118 valence electrons. The summed E-state index contributed by atoms with van der Waals surface area (Å²) >= 11 is 12.4. The van der Waals surface area contributed by atoms with Crippen molar-refractivity contribution in [3.63, 3.8) is 0 Å². The van der Waals surface area contributed by atoms with Crippen LogP contribution in [0.5, 0.6) is 0 Å². The second-order valence-corrected chi connectivity index (χ2v) is 6.25. The summed E-state index contributed by atoms with van der Waals surface area (Å²) < 4.78 is 37.8. The molecule has 2 heterocycles. The molecule has 0 fully saturated rings. The highest BCUT2D eigenvalue weighted by atomic mass is 35.5. The van der Waals surface area contributed by atoms with Crippen molar-refractivity contribution in [1.29, 1.82) is 0 Å². The molecule has 0 saturated carbocycles. The van der Waals surface area contributed by atoms with E-state index < -0.39 is 24.2 Å². The molecule has 0 bridgehead atoms. The van der Waals surface area contributed by atoms with Gasteiger partial charge in [-0.25, -0.2) is 0 Å². The number of thiophene rings is 1. The quantitative estimate of drug-likeness (QED) is 0.886. The summed E-state index contributed by atoms with van der Waals surface area (Å²) in [5.74, 6) is -0.587. The molecule has 2 aromatic heterocycles. The summed E-state index contributed by atoms with van der Waals surface area (Å²) in [6.07, 6.45) is -3.62. The number of pyridine rings is 1. The van der Waals surface area contributed by atoms with Crippen molar-refractivity contribution in [2.75, 3.05) is 5.32 Å². The Morgan fingerprint density at radius 2 is 2.00 bits per heavy atom. The van der Waals surface area contributed by atoms with Crippen LogP contribution in [-0.4, -0.2) is 16.7 Å². The molecule has 0 spiro atoms. The first-order valence-electron chi connectivity index (χ1n) is 5.69. The van der Waals surface area contributed by atoms with Crippen molar-refractivity contribution in [3.8, 4) is 0 Å². The molecule has 0 atom stereocenters. The summed E-state index contributed by atoms with van der Waals surface area (Å²) in [5, 5.41) is 2.59. The lowest BCUT2D eigenvalue weighted by Gasteiger charge is -2.11. The SMILES string of the molecule is O=C(Nc1ccc(=O)n(CC(F)(F)F)c1)c1cc(Cl)c(Cl)s1. The maximum Gasteiger partial charge on any atom is 0.406 e. The molecule has 10 heteroatoms. The zero-order chi connectivity index (χ0) is 16.5. The van der Waals surface area contributed by atoms with Crippen LogP contribution < -0.4 is 10.9 Å². The Kier molecular flexibility index (Phi) is 4.84. The molecule has 0 saturated heterocycles. The number of hydrogen-bond acceptors (Lipinski definition) is 3. The van der Waals surface area contributed by atoms with Crippen LogP contribution >= 0.6 is 34.5 Å². The van der Waals surface area contributed by atoms with E-state index in [1.807, 2.05) is 0 Å². The number of alkyl halides is 3. The van der Waals surface area contributed by atoms with Crippen molar-refractivity contribution in [3.05, 3.63) is 49.0 Å². The maximum atomic E-state index is 12.4. The summed E-state index contributed by atoms with van der Waals surface area (Å²) in [6, 6.07) is 3.50. The van der Waals surface area contributed by atoms with Gasteiger partial charge >= 0.3 is 6.18 Å². The predicted octanol–water partition coefficient (Wildman–Crippen LogP) is 4.03. The highest BCUT2D eigenvalue weighted by Crippen LogP contribution is 2.31. The van der Waals surface area contributed by atoms with Gasteiger partial charge in [0.1, 0.15) is 10.9 Å². The number of rotatable bonds is 3. The Bertz CT molecular complexity index is 751. The molecule has 0 unspecified atom stereocenters. The number of carbonyl (C=O) groups excluding carboxylic acids is 1. The van der Waals surface area contributed by atoms with Crippen LogP contribution in [0.2, 0.25) is 9.36 Å². The molecule has 22 heavy (non-hydrogen) atoms. The molecule has 0 aliphatic heterocycles. The van der Waals surface area contributed by atoms with Gasteiger partial charge in [0.2, 0.25) is 0 Å². The zero-order valence-corrected chi connectivity index (χ0v) is 12.9. The number of anilines is 1. The van der Waals surface area contributed by atoms with E-state index in [1.165, 1.54) is 12.1 Å². The van der Waals surface area contributed by atoms with Gasteiger partial charge in [0.05, 0.1) is 15.6 Å². The summed E-state index contributed by atoms with van der Waals surface area (Å²) in [7, 11) is 0. The Labute approximate surface area is 136 Å². The molecule has 0 aliphatic carbocycles. The number of nitrogens with zero attached hydrogens (tertiary/aromatic N) is 1. The van der Waals surface area contributed by atoms with Gasteiger partial charge in [0.25, 0.3) is 11.5 Å². The van der Waals surface area contributed by atoms with Gasteiger partial charge < -0.3 is 9.88 Å². The molecule has 1 N–H and O–H groups in total. The first-order valence-corrected chi connectivity index (χ1v) is 7.26. The third-order valence-corrected chi connectivity index (χ3v) is 4.32. The Hall–Kier alpha value is -1.51. The van der Waals surface area contributed by atoms with Crippen molar-refractivity contribution in [2.45, 2.75) is 12.7 Å². The number of carbonyl (C=O) groups is 1. The third-order valence-electron chi connectivity index (χ3n) is 2.46. The smallest absolute Gasteiger partial charge is 0.320 e. The largest absolute Gasteiger partial charge is 0.406 e. The molecule has 0 radical (unpaired) electrons. The summed E-state index contributed by atoms with van der Waals surface area (Å²) in [6.45, 7) is -1.44. The summed E-state index contributed by atoms with van der Waals surface area (Å²) in [5.41, 5.74) is -0.771. The summed E-state index contributed by atoms with van der Waals surface area (Å²) in [4.78, 5) is 23.5. The Morgan fingerprint density at radius 1 is 1.32 bits per heavy atom. The minimum atomic E-state index is -4.54. The second kappa shape index (κ2) is 6.31. The van der Waals surface area contributed by atoms with E-state index in [1.54, 1.807) is 0 Å². The Balaban J connectivity index is 2.21. The van der Waals surface area contributed by atoms with Gasteiger partial charge in [-0.2, -0.15) is 13.2 Å². The third kappa shape index (κ3) is 4.25. The fourth-order valence-corrected chi connectivity index (χ4v) is 2.84. The van der Waals surface area contributed by atoms with Crippen LogP contribution in [0.3, 0.4) is 0 Å².